The minimum atomic E-state index is -0.247. The van der Waals surface area contributed by atoms with Crippen molar-refractivity contribution in [1.29, 1.82) is 0 Å². The monoisotopic (exact) mass is 301 g/mol. The number of rotatable bonds is 5. The Morgan fingerprint density at radius 3 is 2.73 bits per heavy atom. The van der Waals surface area contributed by atoms with E-state index in [4.69, 9.17) is 0 Å². The molecular weight excluding hydrogens is 278 g/mol. The van der Waals surface area contributed by atoms with E-state index >= 15 is 0 Å². The summed E-state index contributed by atoms with van der Waals surface area (Å²) < 4.78 is 0. The van der Waals surface area contributed by atoms with Crippen molar-refractivity contribution in [2.45, 2.75) is 32.4 Å². The zero-order valence-electron chi connectivity index (χ0n) is 13.3. The molecule has 0 aromatic heterocycles. The lowest BCUT2D eigenvalue weighted by atomic mass is 9.93. The van der Waals surface area contributed by atoms with Gasteiger partial charge in [0.05, 0.1) is 12.5 Å². The predicted octanol–water partition coefficient (Wildman–Crippen LogP) is 1.67. The number of nitrogens with one attached hydrogen (secondary N) is 2. The number of carbonyl (C=O) groups is 2. The minimum Gasteiger partial charge on any atom is -0.354 e. The summed E-state index contributed by atoms with van der Waals surface area (Å²) in [6.45, 7) is 4.09. The van der Waals surface area contributed by atoms with Gasteiger partial charge in [-0.05, 0) is 31.2 Å². The molecule has 5 nitrogen and oxygen atoms in total. The number of hydrogen-bond acceptors (Lipinski definition) is 3. The summed E-state index contributed by atoms with van der Waals surface area (Å²) in [7, 11) is 1.86. The molecule has 2 N–H and O–H groups in total. The van der Waals surface area contributed by atoms with Crippen LogP contribution in [0.3, 0.4) is 0 Å². The minimum absolute atomic E-state index is 0.0524. The summed E-state index contributed by atoms with van der Waals surface area (Å²) in [6, 6.07) is 7.83. The first-order valence-electron chi connectivity index (χ1n) is 7.53. The smallest absolute Gasteiger partial charge is 0.223 e. The number of likely N-dealkylation sites (N-methyl/N-ethyl adjacent to an activating group) is 1. The molecule has 22 heavy (non-hydrogen) atoms. The topological polar surface area (TPSA) is 61.4 Å². The van der Waals surface area contributed by atoms with Crippen LogP contribution in [0.4, 0.5) is 0 Å². The second kappa shape index (κ2) is 7.22. The SMILES string of the molecule is CNC(C)CNC(=O)CC1c2ccccc2C=CN1C(C)=O. The van der Waals surface area contributed by atoms with Crippen molar-refractivity contribution in [1.82, 2.24) is 15.5 Å². The molecule has 1 heterocycles. The van der Waals surface area contributed by atoms with E-state index in [-0.39, 0.29) is 30.3 Å². The second-order valence-electron chi connectivity index (χ2n) is 5.58. The first-order valence-corrected chi connectivity index (χ1v) is 7.53. The fourth-order valence-electron chi connectivity index (χ4n) is 2.53. The molecule has 1 aliphatic rings. The van der Waals surface area contributed by atoms with Crippen molar-refractivity contribution in [2.24, 2.45) is 0 Å². The Balaban J connectivity index is 2.13. The Morgan fingerprint density at radius 2 is 2.05 bits per heavy atom. The van der Waals surface area contributed by atoms with Crippen LogP contribution in [0.5, 0.6) is 0 Å². The van der Waals surface area contributed by atoms with E-state index in [2.05, 4.69) is 10.6 Å². The van der Waals surface area contributed by atoms with Crippen LogP contribution in [0, 0.1) is 0 Å². The lowest BCUT2D eigenvalue weighted by molar-refractivity contribution is -0.129. The van der Waals surface area contributed by atoms with Crippen molar-refractivity contribution in [3.63, 3.8) is 0 Å². The second-order valence-corrected chi connectivity index (χ2v) is 5.58. The van der Waals surface area contributed by atoms with Crippen LogP contribution in [0.2, 0.25) is 0 Å². The van der Waals surface area contributed by atoms with Crippen LogP contribution in [0.1, 0.15) is 37.4 Å². The van der Waals surface area contributed by atoms with Gasteiger partial charge in [0.15, 0.2) is 0 Å². The number of nitrogens with zero attached hydrogens (tertiary/aromatic N) is 1. The molecule has 1 aliphatic heterocycles. The van der Waals surface area contributed by atoms with E-state index in [1.165, 1.54) is 6.92 Å². The van der Waals surface area contributed by atoms with Crippen molar-refractivity contribution >= 4 is 17.9 Å². The summed E-state index contributed by atoms with van der Waals surface area (Å²) >= 11 is 0. The first kappa shape index (κ1) is 16.2. The maximum atomic E-state index is 12.2. The summed E-state index contributed by atoms with van der Waals surface area (Å²) in [4.78, 5) is 25.7. The van der Waals surface area contributed by atoms with Crippen LogP contribution in [0.15, 0.2) is 30.5 Å². The number of carbonyl (C=O) groups excluding carboxylic acids is 2. The van der Waals surface area contributed by atoms with E-state index in [0.29, 0.717) is 6.54 Å². The Bertz CT molecular complexity index is 583. The van der Waals surface area contributed by atoms with Gasteiger partial charge < -0.3 is 15.5 Å². The molecule has 5 heteroatoms. The molecule has 2 unspecified atom stereocenters. The summed E-state index contributed by atoms with van der Waals surface area (Å²) in [5, 5.41) is 5.98. The van der Waals surface area contributed by atoms with Gasteiger partial charge in [-0.2, -0.15) is 0 Å². The van der Waals surface area contributed by atoms with Gasteiger partial charge in [-0.25, -0.2) is 0 Å². The number of hydrogen-bond donors (Lipinski definition) is 2. The zero-order chi connectivity index (χ0) is 16.1. The molecule has 118 valence electrons. The molecule has 2 atom stereocenters. The predicted molar refractivity (Wildman–Crippen MR) is 86.9 cm³/mol. The Morgan fingerprint density at radius 1 is 1.32 bits per heavy atom. The maximum absolute atomic E-state index is 12.2. The van der Waals surface area contributed by atoms with Gasteiger partial charge in [0, 0.05) is 25.7 Å². The van der Waals surface area contributed by atoms with E-state index in [1.807, 2.05) is 44.3 Å². The van der Waals surface area contributed by atoms with Crippen LogP contribution >= 0.6 is 0 Å². The van der Waals surface area contributed by atoms with Gasteiger partial charge in [0.2, 0.25) is 11.8 Å². The van der Waals surface area contributed by atoms with Gasteiger partial charge >= 0.3 is 0 Å². The highest BCUT2D eigenvalue weighted by atomic mass is 16.2. The lowest BCUT2D eigenvalue weighted by Gasteiger charge is -2.32. The van der Waals surface area contributed by atoms with Crippen molar-refractivity contribution < 1.29 is 9.59 Å². The maximum Gasteiger partial charge on any atom is 0.223 e. The molecular formula is C17H23N3O2. The number of benzene rings is 1. The number of amides is 2. The average Bonchev–Trinajstić information content (AvgIpc) is 2.52. The molecule has 0 saturated heterocycles. The van der Waals surface area contributed by atoms with E-state index in [0.717, 1.165) is 11.1 Å². The highest BCUT2D eigenvalue weighted by Crippen LogP contribution is 2.32. The molecule has 0 spiro atoms. The third kappa shape index (κ3) is 3.74. The molecule has 1 aromatic rings. The largest absolute Gasteiger partial charge is 0.354 e. The fourth-order valence-corrected chi connectivity index (χ4v) is 2.53. The lowest BCUT2D eigenvalue weighted by Crippen LogP contribution is -2.39. The summed E-state index contributed by atoms with van der Waals surface area (Å²) in [5.74, 6) is -0.115. The van der Waals surface area contributed by atoms with Gasteiger partial charge in [-0.15, -0.1) is 0 Å². The third-order valence-electron chi connectivity index (χ3n) is 3.95. The molecule has 0 radical (unpaired) electrons. The normalized spacial score (nSPS) is 17.8. The molecule has 0 fully saturated rings. The standard InChI is InChI=1S/C17H23N3O2/c1-12(18-3)11-19-17(22)10-16-15-7-5-4-6-14(15)8-9-20(16)13(2)21/h4-9,12,16,18H,10-11H2,1-3H3,(H,19,22). The highest BCUT2D eigenvalue weighted by Gasteiger charge is 2.28. The third-order valence-corrected chi connectivity index (χ3v) is 3.95. The molecule has 1 aromatic carbocycles. The van der Waals surface area contributed by atoms with Crippen LogP contribution in [-0.4, -0.2) is 36.3 Å². The first-order chi connectivity index (χ1) is 10.5. The fraction of sp³-hybridized carbons (Fsp3) is 0.412. The zero-order valence-corrected chi connectivity index (χ0v) is 13.3. The van der Waals surface area contributed by atoms with Crippen LogP contribution in [-0.2, 0) is 9.59 Å². The average molecular weight is 301 g/mol. The van der Waals surface area contributed by atoms with E-state index in [9.17, 15) is 9.59 Å². The number of fused-ring (bicyclic) bond motifs is 1. The van der Waals surface area contributed by atoms with Gasteiger partial charge in [-0.1, -0.05) is 24.3 Å². The Kier molecular flexibility index (Phi) is 5.33. The quantitative estimate of drug-likeness (QED) is 0.870. The Labute approximate surface area is 131 Å². The van der Waals surface area contributed by atoms with Gasteiger partial charge in [0.25, 0.3) is 0 Å². The van der Waals surface area contributed by atoms with Crippen LogP contribution < -0.4 is 10.6 Å². The van der Waals surface area contributed by atoms with Gasteiger partial charge in [-0.3, -0.25) is 9.59 Å². The van der Waals surface area contributed by atoms with E-state index < -0.39 is 0 Å². The molecule has 0 saturated carbocycles. The van der Waals surface area contributed by atoms with Gasteiger partial charge in [0.1, 0.15) is 0 Å². The molecule has 2 rings (SSSR count). The molecule has 2 amide bonds. The molecule has 0 aliphatic carbocycles. The molecule has 0 bridgehead atoms. The van der Waals surface area contributed by atoms with Crippen molar-refractivity contribution in [3.05, 3.63) is 41.6 Å². The van der Waals surface area contributed by atoms with Crippen LogP contribution in [0.25, 0.3) is 6.08 Å². The van der Waals surface area contributed by atoms with Crippen molar-refractivity contribution in [2.75, 3.05) is 13.6 Å². The Hall–Kier alpha value is -2.14. The van der Waals surface area contributed by atoms with Crippen molar-refractivity contribution in [3.8, 4) is 0 Å². The summed E-state index contributed by atoms with van der Waals surface area (Å²) in [5.41, 5.74) is 2.07. The summed E-state index contributed by atoms with van der Waals surface area (Å²) in [6.07, 6.45) is 3.93. The van der Waals surface area contributed by atoms with E-state index in [1.54, 1.807) is 11.1 Å². The highest BCUT2D eigenvalue weighted by molar-refractivity contribution is 5.81.